The lowest BCUT2D eigenvalue weighted by Gasteiger charge is -2.34. The number of sulfonamides is 1. The molecule has 1 amide bonds. The highest BCUT2D eigenvalue weighted by Gasteiger charge is 2.34. The summed E-state index contributed by atoms with van der Waals surface area (Å²) in [6.07, 6.45) is 5.61. The van der Waals surface area contributed by atoms with Crippen molar-refractivity contribution in [3.05, 3.63) is 54.1 Å². The zero-order valence-corrected chi connectivity index (χ0v) is 18.0. The number of nitrogens with one attached hydrogen (secondary N) is 1. The summed E-state index contributed by atoms with van der Waals surface area (Å²) in [5, 5.41) is 0. The third-order valence-corrected chi connectivity index (χ3v) is 7.32. The van der Waals surface area contributed by atoms with Crippen LogP contribution in [0.15, 0.2) is 53.4 Å². The van der Waals surface area contributed by atoms with Gasteiger partial charge in [0.2, 0.25) is 0 Å². The first-order valence-corrected chi connectivity index (χ1v) is 12.1. The van der Waals surface area contributed by atoms with Crippen LogP contribution in [0.5, 0.6) is 5.75 Å². The summed E-state index contributed by atoms with van der Waals surface area (Å²) in [6.45, 7) is 2.39. The summed E-state index contributed by atoms with van der Waals surface area (Å²) >= 11 is 0. The quantitative estimate of drug-likeness (QED) is 0.770. The minimum Gasteiger partial charge on any atom is -0.480 e. The van der Waals surface area contributed by atoms with Gasteiger partial charge in [-0.2, -0.15) is 0 Å². The van der Waals surface area contributed by atoms with E-state index in [2.05, 4.69) is 4.72 Å². The Hall–Kier alpha value is -2.54. The largest absolute Gasteiger partial charge is 0.480 e. The maximum Gasteiger partial charge on any atom is 0.264 e. The SMILES string of the molecule is CCC1Oc2ccc(NS(=O)(=O)c3ccccc3)cc2CN(C2CCCCC2)C1=O. The molecule has 2 aromatic rings. The van der Waals surface area contributed by atoms with E-state index >= 15 is 0 Å². The van der Waals surface area contributed by atoms with Crippen LogP contribution in [0.3, 0.4) is 0 Å². The number of benzene rings is 2. The number of carbonyl (C=O) groups excluding carboxylic acids is 1. The standard InChI is InChI=1S/C23H28N2O4S/c1-2-21-23(26)25(19-9-5-3-6-10-19)16-17-15-18(13-14-22(17)29-21)24-30(27,28)20-11-7-4-8-12-20/h4,7-8,11-15,19,21,24H,2-3,5-6,9-10,16H2,1H3. The van der Waals surface area contributed by atoms with Gasteiger partial charge in [0.05, 0.1) is 4.90 Å². The molecule has 1 aliphatic carbocycles. The zero-order valence-electron chi connectivity index (χ0n) is 17.2. The molecule has 0 aromatic heterocycles. The van der Waals surface area contributed by atoms with E-state index in [0.29, 0.717) is 24.4 Å². The predicted octanol–water partition coefficient (Wildman–Crippen LogP) is 4.32. The van der Waals surface area contributed by atoms with Crippen LogP contribution in [-0.2, 0) is 21.4 Å². The highest BCUT2D eigenvalue weighted by atomic mass is 32.2. The van der Waals surface area contributed by atoms with E-state index in [1.165, 1.54) is 6.42 Å². The first kappa shape index (κ1) is 20.7. The summed E-state index contributed by atoms with van der Waals surface area (Å²) in [6, 6.07) is 13.7. The second kappa shape index (κ2) is 8.68. The Labute approximate surface area is 178 Å². The molecule has 0 radical (unpaired) electrons. The molecule has 0 saturated heterocycles. The number of rotatable bonds is 5. The normalized spacial score (nSPS) is 20.2. The van der Waals surface area contributed by atoms with E-state index in [1.807, 2.05) is 11.8 Å². The van der Waals surface area contributed by atoms with Crippen molar-refractivity contribution in [1.29, 1.82) is 0 Å². The van der Waals surface area contributed by atoms with Crippen LogP contribution in [0.1, 0.15) is 51.0 Å². The Morgan fingerprint density at radius 1 is 1.07 bits per heavy atom. The van der Waals surface area contributed by atoms with Gasteiger partial charge in [0.25, 0.3) is 15.9 Å². The molecule has 4 rings (SSSR count). The van der Waals surface area contributed by atoms with Crippen LogP contribution < -0.4 is 9.46 Å². The number of ether oxygens (including phenoxy) is 1. The fraction of sp³-hybridized carbons (Fsp3) is 0.435. The zero-order chi connectivity index (χ0) is 21.1. The van der Waals surface area contributed by atoms with Gasteiger partial charge in [-0.25, -0.2) is 8.42 Å². The molecule has 0 spiro atoms. The predicted molar refractivity (Wildman–Crippen MR) is 116 cm³/mol. The van der Waals surface area contributed by atoms with Gasteiger partial charge < -0.3 is 9.64 Å². The van der Waals surface area contributed by atoms with E-state index in [4.69, 9.17) is 4.74 Å². The highest BCUT2D eigenvalue weighted by molar-refractivity contribution is 7.92. The van der Waals surface area contributed by atoms with Crippen molar-refractivity contribution in [2.24, 2.45) is 0 Å². The molecule has 160 valence electrons. The minimum atomic E-state index is -3.68. The van der Waals surface area contributed by atoms with Crippen LogP contribution in [-0.4, -0.2) is 31.4 Å². The molecular weight excluding hydrogens is 400 g/mol. The topological polar surface area (TPSA) is 75.7 Å². The number of hydrogen-bond donors (Lipinski definition) is 1. The van der Waals surface area contributed by atoms with Crippen molar-refractivity contribution in [3.63, 3.8) is 0 Å². The second-order valence-electron chi connectivity index (χ2n) is 8.01. The highest BCUT2D eigenvalue weighted by Crippen LogP contribution is 2.33. The lowest BCUT2D eigenvalue weighted by molar-refractivity contribution is -0.141. The van der Waals surface area contributed by atoms with Gasteiger partial charge in [-0.3, -0.25) is 9.52 Å². The Balaban J connectivity index is 1.63. The van der Waals surface area contributed by atoms with Crippen molar-refractivity contribution in [1.82, 2.24) is 4.90 Å². The van der Waals surface area contributed by atoms with Crippen LogP contribution in [0.4, 0.5) is 5.69 Å². The van der Waals surface area contributed by atoms with Crippen molar-refractivity contribution in [3.8, 4) is 5.75 Å². The molecule has 7 heteroatoms. The molecule has 1 N–H and O–H groups in total. The van der Waals surface area contributed by atoms with E-state index < -0.39 is 16.1 Å². The average molecular weight is 429 g/mol. The second-order valence-corrected chi connectivity index (χ2v) is 9.70. The number of fused-ring (bicyclic) bond motifs is 1. The molecule has 1 atom stereocenters. The summed E-state index contributed by atoms with van der Waals surface area (Å²) in [5.41, 5.74) is 1.30. The molecule has 1 saturated carbocycles. The van der Waals surface area contributed by atoms with Gasteiger partial charge in [-0.1, -0.05) is 44.4 Å². The van der Waals surface area contributed by atoms with Crippen molar-refractivity contribution in [2.75, 3.05) is 4.72 Å². The molecule has 1 heterocycles. The molecule has 6 nitrogen and oxygen atoms in total. The van der Waals surface area contributed by atoms with Crippen molar-refractivity contribution in [2.45, 2.75) is 69.0 Å². The van der Waals surface area contributed by atoms with E-state index in [1.54, 1.807) is 48.5 Å². The van der Waals surface area contributed by atoms with E-state index in [-0.39, 0.29) is 16.8 Å². The maximum absolute atomic E-state index is 13.1. The van der Waals surface area contributed by atoms with Crippen molar-refractivity contribution < 1.29 is 17.9 Å². The Bertz CT molecular complexity index is 1000. The van der Waals surface area contributed by atoms with E-state index in [0.717, 1.165) is 31.2 Å². The average Bonchev–Trinajstić information content (AvgIpc) is 2.91. The van der Waals surface area contributed by atoms with Crippen LogP contribution >= 0.6 is 0 Å². The number of amides is 1. The van der Waals surface area contributed by atoms with Crippen LogP contribution in [0.2, 0.25) is 0 Å². The Kier molecular flexibility index (Phi) is 5.99. The van der Waals surface area contributed by atoms with Gasteiger partial charge in [0.1, 0.15) is 5.75 Å². The van der Waals surface area contributed by atoms with Gasteiger partial charge in [0.15, 0.2) is 6.10 Å². The fourth-order valence-electron chi connectivity index (χ4n) is 4.30. The lowest BCUT2D eigenvalue weighted by atomic mass is 9.93. The monoisotopic (exact) mass is 428 g/mol. The molecule has 2 aromatic carbocycles. The maximum atomic E-state index is 13.1. The van der Waals surface area contributed by atoms with E-state index in [9.17, 15) is 13.2 Å². The Morgan fingerprint density at radius 2 is 1.80 bits per heavy atom. The smallest absolute Gasteiger partial charge is 0.264 e. The van der Waals surface area contributed by atoms with Crippen molar-refractivity contribution >= 4 is 21.6 Å². The molecule has 0 bridgehead atoms. The van der Waals surface area contributed by atoms with Crippen LogP contribution in [0, 0.1) is 0 Å². The van der Waals surface area contributed by atoms with Gasteiger partial charge in [-0.15, -0.1) is 0 Å². The number of nitrogens with zero attached hydrogens (tertiary/aromatic N) is 1. The third kappa shape index (κ3) is 4.31. The molecule has 1 unspecified atom stereocenters. The molecule has 30 heavy (non-hydrogen) atoms. The molecule has 1 aliphatic heterocycles. The first-order chi connectivity index (χ1) is 14.5. The number of hydrogen-bond acceptors (Lipinski definition) is 4. The van der Waals surface area contributed by atoms with Gasteiger partial charge >= 0.3 is 0 Å². The summed E-state index contributed by atoms with van der Waals surface area (Å²) in [7, 11) is -3.68. The van der Waals surface area contributed by atoms with Crippen LogP contribution in [0.25, 0.3) is 0 Å². The molecule has 1 fully saturated rings. The third-order valence-electron chi connectivity index (χ3n) is 5.92. The summed E-state index contributed by atoms with van der Waals surface area (Å²) < 4.78 is 34.1. The minimum absolute atomic E-state index is 0.0343. The number of anilines is 1. The fourth-order valence-corrected chi connectivity index (χ4v) is 5.38. The molecular formula is C23H28N2O4S. The van der Waals surface area contributed by atoms with Gasteiger partial charge in [-0.05, 0) is 49.6 Å². The summed E-state index contributed by atoms with van der Waals surface area (Å²) in [4.78, 5) is 15.3. The van der Waals surface area contributed by atoms with Gasteiger partial charge in [0, 0.05) is 23.8 Å². The lowest BCUT2D eigenvalue weighted by Crippen LogP contribution is -2.45. The number of carbonyl (C=O) groups is 1. The first-order valence-electron chi connectivity index (χ1n) is 10.7. The summed E-state index contributed by atoms with van der Waals surface area (Å²) in [5.74, 6) is 0.684. The molecule has 2 aliphatic rings. The Morgan fingerprint density at radius 3 is 2.50 bits per heavy atom.